The molecule has 0 saturated heterocycles. The van der Waals surface area contributed by atoms with Crippen molar-refractivity contribution in [3.05, 3.63) is 65.2 Å². The maximum Gasteiger partial charge on any atom is 0.416 e. The first-order chi connectivity index (χ1) is 11.7. The van der Waals surface area contributed by atoms with Gasteiger partial charge in [-0.05, 0) is 35.7 Å². The van der Waals surface area contributed by atoms with E-state index in [2.05, 4.69) is 5.32 Å². The SMILES string of the molecule is CC(CC(=O)Nc1ccccc1C(N)=O)c1ccc(C(F)(F)F)cc1. The Labute approximate surface area is 142 Å². The van der Waals surface area contributed by atoms with Gasteiger partial charge in [0.2, 0.25) is 5.91 Å². The van der Waals surface area contributed by atoms with Crippen LogP contribution in [0.2, 0.25) is 0 Å². The van der Waals surface area contributed by atoms with Crippen molar-refractivity contribution in [1.82, 2.24) is 0 Å². The van der Waals surface area contributed by atoms with Crippen LogP contribution in [0.25, 0.3) is 0 Å². The topological polar surface area (TPSA) is 72.2 Å². The number of alkyl halides is 3. The number of hydrogen-bond donors (Lipinski definition) is 2. The first kappa shape index (κ1) is 18.5. The minimum absolute atomic E-state index is 0.0540. The lowest BCUT2D eigenvalue weighted by Gasteiger charge is -2.14. The first-order valence-electron chi connectivity index (χ1n) is 7.54. The Morgan fingerprint density at radius 3 is 2.24 bits per heavy atom. The number of carbonyl (C=O) groups excluding carboxylic acids is 2. The molecule has 132 valence electrons. The molecule has 0 spiro atoms. The summed E-state index contributed by atoms with van der Waals surface area (Å²) >= 11 is 0. The molecule has 7 heteroatoms. The lowest BCUT2D eigenvalue weighted by atomic mass is 9.96. The Morgan fingerprint density at radius 1 is 1.08 bits per heavy atom. The van der Waals surface area contributed by atoms with Crippen LogP contribution in [0.15, 0.2) is 48.5 Å². The van der Waals surface area contributed by atoms with Crippen LogP contribution in [-0.4, -0.2) is 11.8 Å². The van der Waals surface area contributed by atoms with E-state index in [4.69, 9.17) is 5.73 Å². The van der Waals surface area contributed by atoms with E-state index in [0.717, 1.165) is 12.1 Å². The predicted octanol–water partition coefficient (Wildman–Crippen LogP) is 3.94. The van der Waals surface area contributed by atoms with Gasteiger partial charge in [0.1, 0.15) is 0 Å². The van der Waals surface area contributed by atoms with Crippen LogP contribution < -0.4 is 11.1 Å². The highest BCUT2D eigenvalue weighted by atomic mass is 19.4. The van der Waals surface area contributed by atoms with Crippen molar-refractivity contribution in [1.29, 1.82) is 0 Å². The predicted molar refractivity (Wildman–Crippen MR) is 88.1 cm³/mol. The second-order valence-electron chi connectivity index (χ2n) is 5.68. The van der Waals surface area contributed by atoms with E-state index >= 15 is 0 Å². The third-order valence-corrected chi connectivity index (χ3v) is 3.77. The van der Waals surface area contributed by atoms with E-state index in [-0.39, 0.29) is 23.8 Å². The molecule has 0 aromatic heterocycles. The molecule has 0 fully saturated rings. The molecule has 0 aliphatic heterocycles. The highest BCUT2D eigenvalue weighted by molar-refractivity contribution is 6.03. The maximum absolute atomic E-state index is 12.6. The van der Waals surface area contributed by atoms with Gasteiger partial charge in [0, 0.05) is 6.42 Å². The van der Waals surface area contributed by atoms with Crippen molar-refractivity contribution in [3.63, 3.8) is 0 Å². The van der Waals surface area contributed by atoms with Gasteiger partial charge in [-0.25, -0.2) is 0 Å². The lowest BCUT2D eigenvalue weighted by Crippen LogP contribution is -2.19. The fourth-order valence-corrected chi connectivity index (χ4v) is 2.40. The van der Waals surface area contributed by atoms with Crippen molar-refractivity contribution >= 4 is 17.5 Å². The summed E-state index contributed by atoms with van der Waals surface area (Å²) in [6.07, 6.45) is -4.34. The molecule has 0 saturated carbocycles. The number of hydrogen-bond acceptors (Lipinski definition) is 2. The van der Waals surface area contributed by atoms with Gasteiger partial charge in [-0.1, -0.05) is 31.2 Å². The number of nitrogens with one attached hydrogen (secondary N) is 1. The van der Waals surface area contributed by atoms with Crippen LogP contribution in [0, 0.1) is 0 Å². The number of halogens is 3. The molecule has 0 bridgehead atoms. The summed E-state index contributed by atoms with van der Waals surface area (Å²) in [5, 5.41) is 2.61. The zero-order valence-corrected chi connectivity index (χ0v) is 13.4. The molecule has 3 N–H and O–H groups in total. The molecular formula is C18H17F3N2O2. The number of carbonyl (C=O) groups is 2. The molecule has 1 unspecified atom stereocenters. The van der Waals surface area contributed by atoms with Gasteiger partial charge in [-0.3, -0.25) is 9.59 Å². The summed E-state index contributed by atoms with van der Waals surface area (Å²) in [5.41, 5.74) is 5.63. The van der Waals surface area contributed by atoms with E-state index < -0.39 is 17.6 Å². The number of primary amides is 1. The maximum atomic E-state index is 12.6. The Balaban J connectivity index is 2.04. The van der Waals surface area contributed by atoms with Crippen LogP contribution in [0.4, 0.5) is 18.9 Å². The molecule has 2 aromatic rings. The minimum Gasteiger partial charge on any atom is -0.366 e. The number of para-hydroxylation sites is 1. The molecular weight excluding hydrogens is 333 g/mol. The highest BCUT2D eigenvalue weighted by Crippen LogP contribution is 2.30. The zero-order valence-electron chi connectivity index (χ0n) is 13.4. The van der Waals surface area contributed by atoms with Crippen LogP contribution in [0.5, 0.6) is 0 Å². The molecule has 0 aliphatic carbocycles. The van der Waals surface area contributed by atoms with Crippen molar-refractivity contribution < 1.29 is 22.8 Å². The Kier molecular flexibility index (Phi) is 5.46. The second-order valence-corrected chi connectivity index (χ2v) is 5.68. The molecule has 0 aliphatic rings. The Bertz CT molecular complexity index is 771. The highest BCUT2D eigenvalue weighted by Gasteiger charge is 2.30. The minimum atomic E-state index is -4.39. The van der Waals surface area contributed by atoms with Crippen LogP contribution in [0.3, 0.4) is 0 Å². The second kappa shape index (κ2) is 7.38. The molecule has 2 amide bonds. The molecule has 0 heterocycles. The largest absolute Gasteiger partial charge is 0.416 e. The van der Waals surface area contributed by atoms with Gasteiger partial charge in [0.25, 0.3) is 5.91 Å². The summed E-state index contributed by atoms with van der Waals surface area (Å²) in [6.45, 7) is 1.74. The van der Waals surface area contributed by atoms with Crippen molar-refractivity contribution in [2.24, 2.45) is 5.73 Å². The Hall–Kier alpha value is -2.83. The molecule has 2 aromatic carbocycles. The lowest BCUT2D eigenvalue weighted by molar-refractivity contribution is -0.137. The Morgan fingerprint density at radius 2 is 1.68 bits per heavy atom. The molecule has 25 heavy (non-hydrogen) atoms. The summed E-state index contributed by atoms with van der Waals surface area (Å²) in [5.74, 6) is -1.31. The van der Waals surface area contributed by atoms with E-state index in [0.29, 0.717) is 11.3 Å². The number of nitrogens with two attached hydrogens (primary N) is 1. The van der Waals surface area contributed by atoms with Gasteiger partial charge in [0.05, 0.1) is 16.8 Å². The monoisotopic (exact) mass is 350 g/mol. The fourth-order valence-electron chi connectivity index (χ4n) is 2.40. The fraction of sp³-hybridized carbons (Fsp3) is 0.222. The van der Waals surface area contributed by atoms with E-state index in [1.54, 1.807) is 25.1 Å². The zero-order chi connectivity index (χ0) is 18.6. The molecule has 1 atom stereocenters. The first-order valence-corrected chi connectivity index (χ1v) is 7.54. The van der Waals surface area contributed by atoms with E-state index in [1.165, 1.54) is 18.2 Å². The quantitative estimate of drug-likeness (QED) is 0.857. The van der Waals surface area contributed by atoms with Crippen LogP contribution in [-0.2, 0) is 11.0 Å². The smallest absolute Gasteiger partial charge is 0.366 e. The van der Waals surface area contributed by atoms with Gasteiger partial charge < -0.3 is 11.1 Å². The third kappa shape index (κ3) is 4.82. The average Bonchev–Trinajstić information content (AvgIpc) is 2.54. The van der Waals surface area contributed by atoms with Gasteiger partial charge in [0.15, 0.2) is 0 Å². The number of rotatable bonds is 5. The standard InChI is InChI=1S/C18H17F3N2O2/c1-11(12-6-8-13(9-7-12)18(19,20)21)10-16(24)23-15-5-3-2-4-14(15)17(22)25/h2-9,11H,10H2,1H3,(H2,22,25)(H,23,24). The number of amides is 2. The van der Waals surface area contributed by atoms with E-state index in [1.807, 2.05) is 0 Å². The summed E-state index contributed by atoms with van der Waals surface area (Å²) in [4.78, 5) is 23.5. The van der Waals surface area contributed by atoms with Crippen LogP contribution >= 0.6 is 0 Å². The van der Waals surface area contributed by atoms with Crippen molar-refractivity contribution in [3.8, 4) is 0 Å². The number of benzene rings is 2. The van der Waals surface area contributed by atoms with Gasteiger partial charge in [-0.15, -0.1) is 0 Å². The van der Waals surface area contributed by atoms with Crippen molar-refractivity contribution in [2.75, 3.05) is 5.32 Å². The number of anilines is 1. The van der Waals surface area contributed by atoms with Crippen molar-refractivity contribution in [2.45, 2.75) is 25.4 Å². The van der Waals surface area contributed by atoms with Gasteiger partial charge >= 0.3 is 6.18 Å². The average molecular weight is 350 g/mol. The van der Waals surface area contributed by atoms with E-state index in [9.17, 15) is 22.8 Å². The summed E-state index contributed by atoms with van der Waals surface area (Å²) in [6, 6.07) is 11.0. The normalized spacial score (nSPS) is 12.5. The molecule has 2 rings (SSSR count). The third-order valence-electron chi connectivity index (χ3n) is 3.77. The molecule has 4 nitrogen and oxygen atoms in total. The van der Waals surface area contributed by atoms with Crippen LogP contribution in [0.1, 0.15) is 40.7 Å². The summed E-state index contributed by atoms with van der Waals surface area (Å²) < 4.78 is 37.7. The molecule has 0 radical (unpaired) electrons. The van der Waals surface area contributed by atoms with Gasteiger partial charge in [-0.2, -0.15) is 13.2 Å². The summed E-state index contributed by atoms with van der Waals surface area (Å²) in [7, 11) is 0.